The monoisotopic (exact) mass is 293 g/mol. The first-order valence-corrected chi connectivity index (χ1v) is 7.92. The lowest BCUT2D eigenvalue weighted by Gasteiger charge is -2.19. The van der Waals surface area contributed by atoms with Crippen LogP contribution in [0.4, 0.5) is 0 Å². The lowest BCUT2D eigenvalue weighted by atomic mass is 9.94. The van der Waals surface area contributed by atoms with Crippen molar-refractivity contribution in [3.8, 4) is 0 Å². The van der Waals surface area contributed by atoms with Crippen molar-refractivity contribution in [1.82, 2.24) is 5.32 Å². The SMILES string of the molecule is CC(C)NCC(Cc1cccs1)c1ccc(Cl)cc1. The van der Waals surface area contributed by atoms with E-state index in [0.717, 1.165) is 18.0 Å². The molecule has 0 bridgehead atoms. The maximum Gasteiger partial charge on any atom is 0.0406 e. The van der Waals surface area contributed by atoms with Crippen LogP contribution in [0.1, 0.15) is 30.2 Å². The van der Waals surface area contributed by atoms with Gasteiger partial charge in [0.05, 0.1) is 0 Å². The second kappa shape index (κ2) is 7.09. The molecule has 0 amide bonds. The number of hydrogen-bond acceptors (Lipinski definition) is 2. The highest BCUT2D eigenvalue weighted by Crippen LogP contribution is 2.24. The minimum Gasteiger partial charge on any atom is -0.314 e. The topological polar surface area (TPSA) is 12.0 Å². The van der Waals surface area contributed by atoms with E-state index < -0.39 is 0 Å². The standard InChI is InChI=1S/C16H20ClNS/c1-12(2)18-11-14(10-16-4-3-9-19-16)13-5-7-15(17)8-6-13/h3-9,12,14,18H,10-11H2,1-2H3. The lowest BCUT2D eigenvalue weighted by Crippen LogP contribution is -2.28. The van der Waals surface area contributed by atoms with E-state index in [1.807, 2.05) is 23.5 Å². The quantitative estimate of drug-likeness (QED) is 0.812. The van der Waals surface area contributed by atoms with Crippen molar-refractivity contribution in [2.45, 2.75) is 32.2 Å². The molecule has 0 spiro atoms. The Morgan fingerprint density at radius 2 is 1.89 bits per heavy atom. The molecule has 0 aliphatic rings. The molecule has 3 heteroatoms. The fraction of sp³-hybridized carbons (Fsp3) is 0.375. The average Bonchev–Trinajstić information content (AvgIpc) is 2.88. The molecule has 0 saturated carbocycles. The van der Waals surface area contributed by atoms with Crippen LogP contribution in [0.5, 0.6) is 0 Å². The van der Waals surface area contributed by atoms with E-state index in [9.17, 15) is 0 Å². The van der Waals surface area contributed by atoms with Crippen molar-refractivity contribution in [3.63, 3.8) is 0 Å². The molecule has 1 nitrogen and oxygen atoms in total. The largest absolute Gasteiger partial charge is 0.314 e. The summed E-state index contributed by atoms with van der Waals surface area (Å²) in [5.74, 6) is 0.498. The number of hydrogen-bond donors (Lipinski definition) is 1. The fourth-order valence-corrected chi connectivity index (χ4v) is 3.00. The minimum atomic E-state index is 0.498. The molecule has 0 saturated heterocycles. The van der Waals surface area contributed by atoms with Crippen molar-refractivity contribution in [1.29, 1.82) is 0 Å². The molecule has 1 aromatic heterocycles. The van der Waals surface area contributed by atoms with Crippen molar-refractivity contribution >= 4 is 22.9 Å². The van der Waals surface area contributed by atoms with E-state index in [2.05, 4.69) is 48.8 Å². The predicted octanol–water partition coefficient (Wildman–Crippen LogP) is 4.73. The summed E-state index contributed by atoms with van der Waals surface area (Å²) < 4.78 is 0. The maximum absolute atomic E-state index is 5.97. The maximum atomic E-state index is 5.97. The van der Waals surface area contributed by atoms with Crippen LogP contribution < -0.4 is 5.32 Å². The summed E-state index contributed by atoms with van der Waals surface area (Å²) in [6.07, 6.45) is 1.08. The normalized spacial score (nSPS) is 12.8. The van der Waals surface area contributed by atoms with Crippen LogP contribution in [-0.2, 0) is 6.42 Å². The average molecular weight is 294 g/mol. The Labute approximate surface area is 124 Å². The molecule has 1 aromatic carbocycles. The molecular formula is C16H20ClNS. The summed E-state index contributed by atoms with van der Waals surface area (Å²) in [7, 11) is 0. The molecule has 0 aliphatic carbocycles. The van der Waals surface area contributed by atoms with E-state index in [4.69, 9.17) is 11.6 Å². The summed E-state index contributed by atoms with van der Waals surface area (Å²) in [5, 5.41) is 6.49. The molecule has 0 fully saturated rings. The summed E-state index contributed by atoms with van der Waals surface area (Å²) in [6.45, 7) is 5.37. The van der Waals surface area contributed by atoms with Gasteiger partial charge in [-0.1, -0.05) is 43.6 Å². The van der Waals surface area contributed by atoms with Gasteiger partial charge < -0.3 is 5.32 Å². The van der Waals surface area contributed by atoms with E-state index in [0.29, 0.717) is 12.0 Å². The van der Waals surface area contributed by atoms with Gasteiger partial charge in [0.1, 0.15) is 0 Å². The highest BCUT2D eigenvalue weighted by atomic mass is 35.5. The van der Waals surface area contributed by atoms with E-state index in [1.165, 1.54) is 10.4 Å². The van der Waals surface area contributed by atoms with Crippen LogP contribution in [0, 0.1) is 0 Å². The summed E-state index contributed by atoms with van der Waals surface area (Å²) in [4.78, 5) is 1.44. The number of halogens is 1. The van der Waals surface area contributed by atoms with Gasteiger partial charge >= 0.3 is 0 Å². The number of nitrogens with one attached hydrogen (secondary N) is 1. The Kier molecular flexibility index (Phi) is 5.44. The molecule has 1 atom stereocenters. The Morgan fingerprint density at radius 1 is 1.16 bits per heavy atom. The van der Waals surface area contributed by atoms with Crippen LogP contribution in [0.25, 0.3) is 0 Å². The van der Waals surface area contributed by atoms with Gasteiger partial charge in [-0.3, -0.25) is 0 Å². The zero-order valence-electron chi connectivity index (χ0n) is 11.4. The smallest absolute Gasteiger partial charge is 0.0406 e. The lowest BCUT2D eigenvalue weighted by molar-refractivity contribution is 0.528. The van der Waals surface area contributed by atoms with Crippen molar-refractivity contribution < 1.29 is 0 Å². The van der Waals surface area contributed by atoms with E-state index in [1.54, 1.807) is 0 Å². The van der Waals surface area contributed by atoms with Crippen LogP contribution >= 0.6 is 22.9 Å². The van der Waals surface area contributed by atoms with Crippen molar-refractivity contribution in [2.24, 2.45) is 0 Å². The highest BCUT2D eigenvalue weighted by Gasteiger charge is 2.13. The van der Waals surface area contributed by atoms with Crippen LogP contribution in [0.3, 0.4) is 0 Å². The van der Waals surface area contributed by atoms with Gasteiger partial charge in [-0.15, -0.1) is 11.3 Å². The van der Waals surface area contributed by atoms with E-state index in [-0.39, 0.29) is 0 Å². The van der Waals surface area contributed by atoms with Gasteiger partial charge in [0.15, 0.2) is 0 Å². The molecule has 1 heterocycles. The molecule has 1 N–H and O–H groups in total. The van der Waals surface area contributed by atoms with Crippen LogP contribution in [0.2, 0.25) is 5.02 Å². The third kappa shape index (κ3) is 4.64. The fourth-order valence-electron chi connectivity index (χ4n) is 2.09. The van der Waals surface area contributed by atoms with Gasteiger partial charge in [-0.2, -0.15) is 0 Å². The van der Waals surface area contributed by atoms with Crippen LogP contribution in [-0.4, -0.2) is 12.6 Å². The molecular weight excluding hydrogens is 274 g/mol. The first-order valence-electron chi connectivity index (χ1n) is 6.66. The predicted molar refractivity (Wildman–Crippen MR) is 85.4 cm³/mol. The molecule has 1 unspecified atom stereocenters. The molecule has 2 aromatic rings. The van der Waals surface area contributed by atoms with Gasteiger partial charge in [-0.05, 0) is 35.6 Å². The molecule has 102 valence electrons. The summed E-state index contributed by atoms with van der Waals surface area (Å²) in [6, 6.07) is 13.1. The van der Waals surface area contributed by atoms with Gasteiger partial charge in [0, 0.05) is 28.4 Å². The second-order valence-corrected chi connectivity index (χ2v) is 6.56. The number of rotatable bonds is 6. The zero-order valence-corrected chi connectivity index (χ0v) is 13.0. The second-order valence-electron chi connectivity index (χ2n) is 5.09. The molecule has 2 rings (SSSR count). The van der Waals surface area contributed by atoms with Gasteiger partial charge in [-0.25, -0.2) is 0 Å². The van der Waals surface area contributed by atoms with Crippen molar-refractivity contribution in [3.05, 3.63) is 57.2 Å². The molecule has 0 aliphatic heterocycles. The Bertz CT molecular complexity index is 476. The third-order valence-electron chi connectivity index (χ3n) is 3.14. The van der Waals surface area contributed by atoms with E-state index >= 15 is 0 Å². The first kappa shape index (κ1) is 14.6. The number of benzene rings is 1. The third-order valence-corrected chi connectivity index (χ3v) is 4.29. The first-order chi connectivity index (χ1) is 9.15. The van der Waals surface area contributed by atoms with Gasteiger partial charge in [0.25, 0.3) is 0 Å². The van der Waals surface area contributed by atoms with Crippen molar-refractivity contribution in [2.75, 3.05) is 6.54 Å². The zero-order chi connectivity index (χ0) is 13.7. The molecule has 0 radical (unpaired) electrons. The summed E-state index contributed by atoms with van der Waals surface area (Å²) in [5.41, 5.74) is 1.35. The Balaban J connectivity index is 2.11. The minimum absolute atomic E-state index is 0.498. The highest BCUT2D eigenvalue weighted by molar-refractivity contribution is 7.09. The molecule has 19 heavy (non-hydrogen) atoms. The Morgan fingerprint density at radius 3 is 2.47 bits per heavy atom. The number of thiophene rings is 1. The van der Waals surface area contributed by atoms with Gasteiger partial charge in [0.2, 0.25) is 0 Å². The Hall–Kier alpha value is -0.830. The summed E-state index contributed by atoms with van der Waals surface area (Å²) >= 11 is 7.80. The van der Waals surface area contributed by atoms with Crippen LogP contribution in [0.15, 0.2) is 41.8 Å².